The number of halogens is 1. The van der Waals surface area contributed by atoms with E-state index in [9.17, 15) is 9.18 Å². The Morgan fingerprint density at radius 1 is 1.13 bits per heavy atom. The van der Waals surface area contributed by atoms with E-state index in [1.807, 2.05) is 30.3 Å². The summed E-state index contributed by atoms with van der Waals surface area (Å²) in [5.41, 5.74) is 1.53. The van der Waals surface area contributed by atoms with Crippen molar-refractivity contribution >= 4 is 34.3 Å². The molecule has 1 atom stereocenters. The van der Waals surface area contributed by atoms with Crippen molar-refractivity contribution in [1.82, 2.24) is 4.98 Å². The standard InChI is InChI=1S/C18H15FN2OS/c1-12(23-17-10-3-2-7-14(17)19)18(22)21-16-9-4-8-15-13(16)6-5-11-20-15/h2-12H,1H3,(H,21,22)/t12-/m1/s1. The lowest BCUT2D eigenvalue weighted by atomic mass is 10.2. The van der Waals surface area contributed by atoms with Gasteiger partial charge in [-0.1, -0.05) is 18.2 Å². The predicted octanol–water partition coefficient (Wildman–Crippen LogP) is 4.49. The van der Waals surface area contributed by atoms with Crippen molar-refractivity contribution in [3.8, 4) is 0 Å². The first-order valence-electron chi connectivity index (χ1n) is 7.21. The van der Waals surface area contributed by atoms with E-state index in [4.69, 9.17) is 0 Å². The lowest BCUT2D eigenvalue weighted by molar-refractivity contribution is -0.115. The molecule has 3 nitrogen and oxygen atoms in total. The number of pyridine rings is 1. The Balaban J connectivity index is 1.77. The normalized spacial score (nSPS) is 12.1. The van der Waals surface area contributed by atoms with Gasteiger partial charge in [0.25, 0.3) is 0 Å². The molecule has 5 heteroatoms. The summed E-state index contributed by atoms with van der Waals surface area (Å²) in [5.74, 6) is -0.485. The first-order valence-corrected chi connectivity index (χ1v) is 8.09. The summed E-state index contributed by atoms with van der Waals surface area (Å²) in [6.45, 7) is 1.76. The molecule has 116 valence electrons. The van der Waals surface area contributed by atoms with Crippen molar-refractivity contribution in [1.29, 1.82) is 0 Å². The van der Waals surface area contributed by atoms with Crippen molar-refractivity contribution in [3.05, 3.63) is 66.6 Å². The summed E-state index contributed by atoms with van der Waals surface area (Å²) in [7, 11) is 0. The Morgan fingerprint density at radius 3 is 2.78 bits per heavy atom. The maximum absolute atomic E-state index is 13.7. The molecule has 0 saturated carbocycles. The van der Waals surface area contributed by atoms with E-state index in [2.05, 4.69) is 10.3 Å². The average molecular weight is 326 g/mol. The number of fused-ring (bicyclic) bond motifs is 1. The first-order chi connectivity index (χ1) is 11.1. The highest BCUT2D eigenvalue weighted by Crippen LogP contribution is 2.27. The van der Waals surface area contributed by atoms with Gasteiger partial charge in [-0.15, -0.1) is 11.8 Å². The zero-order valence-corrected chi connectivity index (χ0v) is 13.3. The van der Waals surface area contributed by atoms with Crippen LogP contribution in [0, 0.1) is 5.82 Å². The average Bonchev–Trinajstić information content (AvgIpc) is 2.57. The third kappa shape index (κ3) is 3.51. The number of nitrogens with one attached hydrogen (secondary N) is 1. The predicted molar refractivity (Wildman–Crippen MR) is 92.1 cm³/mol. The van der Waals surface area contributed by atoms with E-state index < -0.39 is 5.25 Å². The minimum Gasteiger partial charge on any atom is -0.324 e. The SMILES string of the molecule is C[C@@H](Sc1ccccc1F)C(=O)Nc1cccc2ncccc12. The van der Waals surface area contributed by atoms with Crippen molar-refractivity contribution in [2.75, 3.05) is 5.32 Å². The Morgan fingerprint density at radius 2 is 1.96 bits per heavy atom. The van der Waals surface area contributed by atoms with Crippen LogP contribution < -0.4 is 5.32 Å². The van der Waals surface area contributed by atoms with Crippen LogP contribution in [0.2, 0.25) is 0 Å². The maximum Gasteiger partial charge on any atom is 0.237 e. The summed E-state index contributed by atoms with van der Waals surface area (Å²) in [5, 5.41) is 3.37. The second kappa shape index (κ2) is 6.79. The van der Waals surface area contributed by atoms with Crippen LogP contribution in [0.4, 0.5) is 10.1 Å². The van der Waals surface area contributed by atoms with Gasteiger partial charge in [0.05, 0.1) is 16.5 Å². The maximum atomic E-state index is 13.7. The molecular weight excluding hydrogens is 311 g/mol. The van der Waals surface area contributed by atoms with Gasteiger partial charge in [0.1, 0.15) is 5.82 Å². The molecule has 0 aliphatic heterocycles. The molecule has 0 saturated heterocycles. The molecule has 1 amide bonds. The van der Waals surface area contributed by atoms with Gasteiger partial charge in [-0.2, -0.15) is 0 Å². The van der Waals surface area contributed by atoms with E-state index in [1.54, 1.807) is 31.3 Å². The van der Waals surface area contributed by atoms with Gasteiger partial charge < -0.3 is 5.32 Å². The van der Waals surface area contributed by atoms with Gasteiger partial charge >= 0.3 is 0 Å². The lowest BCUT2D eigenvalue weighted by Gasteiger charge is -2.13. The van der Waals surface area contributed by atoms with Crippen LogP contribution in [-0.4, -0.2) is 16.1 Å². The summed E-state index contributed by atoms with van der Waals surface area (Å²) in [6.07, 6.45) is 1.71. The third-order valence-electron chi connectivity index (χ3n) is 3.41. The molecule has 0 aliphatic carbocycles. The number of amides is 1. The highest BCUT2D eigenvalue weighted by Gasteiger charge is 2.17. The molecule has 2 aromatic carbocycles. The molecule has 3 rings (SSSR count). The Kier molecular flexibility index (Phi) is 4.57. The molecule has 1 N–H and O–H groups in total. The third-order valence-corrected chi connectivity index (χ3v) is 4.57. The van der Waals surface area contributed by atoms with E-state index in [1.165, 1.54) is 17.8 Å². The Labute approximate surface area is 137 Å². The van der Waals surface area contributed by atoms with Gasteiger partial charge in [0.15, 0.2) is 0 Å². The fourth-order valence-corrected chi connectivity index (χ4v) is 3.12. The van der Waals surface area contributed by atoms with Crippen LogP contribution in [0.25, 0.3) is 10.9 Å². The molecule has 3 aromatic rings. The van der Waals surface area contributed by atoms with Gasteiger partial charge in [0, 0.05) is 16.5 Å². The smallest absolute Gasteiger partial charge is 0.237 e. The molecule has 1 heterocycles. The number of carbonyl (C=O) groups excluding carboxylic acids is 1. The molecular formula is C18H15FN2OS. The molecule has 23 heavy (non-hydrogen) atoms. The molecule has 0 bridgehead atoms. The number of aromatic nitrogens is 1. The van der Waals surface area contributed by atoms with Crippen LogP contribution in [0.15, 0.2) is 65.7 Å². The Hall–Kier alpha value is -2.40. The highest BCUT2D eigenvalue weighted by molar-refractivity contribution is 8.00. The van der Waals surface area contributed by atoms with Gasteiger partial charge in [0.2, 0.25) is 5.91 Å². The van der Waals surface area contributed by atoms with Crippen LogP contribution in [0.5, 0.6) is 0 Å². The number of thioether (sulfide) groups is 1. The summed E-state index contributed by atoms with van der Waals surface area (Å²) >= 11 is 1.20. The van der Waals surface area contributed by atoms with Crippen molar-refractivity contribution < 1.29 is 9.18 Å². The second-order valence-corrected chi connectivity index (χ2v) is 6.44. The molecule has 0 unspecified atom stereocenters. The van der Waals surface area contributed by atoms with Gasteiger partial charge in [-0.25, -0.2) is 4.39 Å². The van der Waals surface area contributed by atoms with Crippen LogP contribution in [0.3, 0.4) is 0 Å². The Bertz CT molecular complexity index is 848. The number of anilines is 1. The van der Waals surface area contributed by atoms with E-state index in [0.29, 0.717) is 10.6 Å². The molecule has 0 fully saturated rings. The minimum absolute atomic E-state index is 0.172. The van der Waals surface area contributed by atoms with Crippen LogP contribution in [-0.2, 0) is 4.79 Å². The van der Waals surface area contributed by atoms with Gasteiger partial charge in [-0.05, 0) is 43.3 Å². The number of rotatable bonds is 4. The molecule has 0 aliphatic rings. The minimum atomic E-state index is -0.418. The number of hydrogen-bond acceptors (Lipinski definition) is 3. The topological polar surface area (TPSA) is 42.0 Å². The highest BCUT2D eigenvalue weighted by atomic mass is 32.2. The second-order valence-electron chi connectivity index (χ2n) is 5.06. The zero-order chi connectivity index (χ0) is 16.2. The number of carbonyl (C=O) groups is 1. The number of nitrogens with zero attached hydrogens (tertiary/aromatic N) is 1. The fourth-order valence-electron chi connectivity index (χ4n) is 2.23. The largest absolute Gasteiger partial charge is 0.324 e. The summed E-state index contributed by atoms with van der Waals surface area (Å²) in [4.78, 5) is 17.1. The fraction of sp³-hybridized carbons (Fsp3) is 0.111. The first kappa shape index (κ1) is 15.5. The summed E-state index contributed by atoms with van der Waals surface area (Å²) in [6, 6.07) is 15.8. The number of benzene rings is 2. The molecule has 1 aromatic heterocycles. The van der Waals surface area contributed by atoms with Crippen molar-refractivity contribution in [3.63, 3.8) is 0 Å². The number of hydrogen-bond donors (Lipinski definition) is 1. The summed E-state index contributed by atoms with van der Waals surface area (Å²) < 4.78 is 13.7. The van der Waals surface area contributed by atoms with E-state index >= 15 is 0 Å². The monoisotopic (exact) mass is 326 g/mol. The lowest BCUT2D eigenvalue weighted by Crippen LogP contribution is -2.22. The van der Waals surface area contributed by atoms with Gasteiger partial charge in [-0.3, -0.25) is 9.78 Å². The van der Waals surface area contributed by atoms with Crippen LogP contribution >= 0.6 is 11.8 Å². The molecule has 0 spiro atoms. The molecule has 0 radical (unpaired) electrons. The van der Waals surface area contributed by atoms with E-state index in [-0.39, 0.29) is 11.7 Å². The quantitative estimate of drug-likeness (QED) is 0.718. The van der Waals surface area contributed by atoms with Crippen molar-refractivity contribution in [2.24, 2.45) is 0 Å². The van der Waals surface area contributed by atoms with Crippen LogP contribution in [0.1, 0.15) is 6.92 Å². The zero-order valence-electron chi connectivity index (χ0n) is 12.5. The van der Waals surface area contributed by atoms with Crippen molar-refractivity contribution in [2.45, 2.75) is 17.1 Å². The van der Waals surface area contributed by atoms with E-state index in [0.717, 1.165) is 10.9 Å².